The van der Waals surface area contributed by atoms with Crippen LogP contribution >= 0.6 is 11.6 Å². The molecule has 0 fully saturated rings. The highest BCUT2D eigenvalue weighted by Crippen LogP contribution is 2.21. The molecule has 2 aromatic rings. The zero-order valence-corrected chi connectivity index (χ0v) is 14.3. The van der Waals surface area contributed by atoms with Gasteiger partial charge in [-0.1, -0.05) is 35.9 Å². The van der Waals surface area contributed by atoms with Crippen LogP contribution in [0.25, 0.3) is 0 Å². The number of fused-ring (bicyclic) bond motifs is 1. The molecule has 2 aromatic carbocycles. The number of carbonyl (C=O) groups is 2. The van der Waals surface area contributed by atoms with E-state index in [0.717, 1.165) is 17.5 Å². The lowest BCUT2D eigenvalue weighted by Gasteiger charge is -2.28. The van der Waals surface area contributed by atoms with E-state index < -0.39 is 0 Å². The number of nitrogens with one attached hydrogen (secondary N) is 1. The quantitative estimate of drug-likeness (QED) is 0.867. The van der Waals surface area contributed by atoms with Crippen molar-refractivity contribution in [1.82, 2.24) is 4.90 Å². The molecule has 0 radical (unpaired) electrons. The van der Waals surface area contributed by atoms with Crippen LogP contribution in [0.2, 0.25) is 5.02 Å². The topological polar surface area (TPSA) is 49.4 Å². The van der Waals surface area contributed by atoms with Gasteiger partial charge in [-0.3, -0.25) is 9.59 Å². The SMILES string of the molecule is Cc1cc(Cl)ccc1NC(=O)CC(=O)N1CCc2ccccc2C1. The Bertz CT molecular complexity index is 789. The van der Waals surface area contributed by atoms with E-state index >= 15 is 0 Å². The van der Waals surface area contributed by atoms with Gasteiger partial charge in [0.1, 0.15) is 6.42 Å². The Morgan fingerprint density at radius 1 is 1.17 bits per heavy atom. The summed E-state index contributed by atoms with van der Waals surface area (Å²) in [5.41, 5.74) is 3.99. The molecule has 1 heterocycles. The van der Waals surface area contributed by atoms with Crippen molar-refractivity contribution in [3.63, 3.8) is 0 Å². The minimum Gasteiger partial charge on any atom is -0.338 e. The second kappa shape index (κ2) is 7.05. The lowest BCUT2D eigenvalue weighted by molar-refractivity contribution is -0.135. The average molecular weight is 343 g/mol. The predicted molar refractivity (Wildman–Crippen MR) is 95.0 cm³/mol. The van der Waals surface area contributed by atoms with E-state index in [0.29, 0.717) is 23.8 Å². The number of anilines is 1. The van der Waals surface area contributed by atoms with Crippen molar-refractivity contribution < 1.29 is 9.59 Å². The second-order valence-electron chi connectivity index (χ2n) is 6.02. The molecule has 1 aliphatic rings. The summed E-state index contributed by atoms with van der Waals surface area (Å²) >= 11 is 5.91. The van der Waals surface area contributed by atoms with Gasteiger partial charge in [-0.05, 0) is 48.2 Å². The first-order valence-corrected chi connectivity index (χ1v) is 8.31. The van der Waals surface area contributed by atoms with Crippen LogP contribution in [0, 0.1) is 6.92 Å². The van der Waals surface area contributed by atoms with Gasteiger partial charge < -0.3 is 10.2 Å². The molecule has 0 aliphatic carbocycles. The van der Waals surface area contributed by atoms with E-state index in [1.54, 1.807) is 23.1 Å². The lowest BCUT2D eigenvalue weighted by atomic mass is 10.00. The number of hydrogen-bond donors (Lipinski definition) is 1. The molecule has 0 bridgehead atoms. The summed E-state index contributed by atoms with van der Waals surface area (Å²) in [6, 6.07) is 13.4. The molecule has 24 heavy (non-hydrogen) atoms. The van der Waals surface area contributed by atoms with Gasteiger partial charge in [0.05, 0.1) is 0 Å². The number of aryl methyl sites for hydroxylation is 1. The van der Waals surface area contributed by atoms with E-state index in [1.165, 1.54) is 5.56 Å². The number of amides is 2. The number of carbonyl (C=O) groups excluding carboxylic acids is 2. The Morgan fingerprint density at radius 2 is 1.92 bits per heavy atom. The lowest BCUT2D eigenvalue weighted by Crippen LogP contribution is -2.37. The van der Waals surface area contributed by atoms with Crippen LogP contribution in [-0.4, -0.2) is 23.3 Å². The van der Waals surface area contributed by atoms with Gasteiger partial charge in [0.25, 0.3) is 0 Å². The van der Waals surface area contributed by atoms with Gasteiger partial charge >= 0.3 is 0 Å². The van der Waals surface area contributed by atoms with Crippen molar-refractivity contribution in [2.24, 2.45) is 0 Å². The maximum atomic E-state index is 12.4. The largest absolute Gasteiger partial charge is 0.338 e. The molecule has 1 N–H and O–H groups in total. The minimum absolute atomic E-state index is 0.145. The fourth-order valence-electron chi connectivity index (χ4n) is 2.92. The van der Waals surface area contributed by atoms with Crippen molar-refractivity contribution >= 4 is 29.1 Å². The molecule has 4 nitrogen and oxygen atoms in total. The molecule has 124 valence electrons. The Labute approximate surface area is 146 Å². The third-order valence-corrected chi connectivity index (χ3v) is 4.49. The molecule has 0 saturated carbocycles. The van der Waals surface area contributed by atoms with Gasteiger partial charge in [-0.25, -0.2) is 0 Å². The highest BCUT2D eigenvalue weighted by Gasteiger charge is 2.22. The fraction of sp³-hybridized carbons (Fsp3) is 0.263. The maximum Gasteiger partial charge on any atom is 0.233 e. The first-order chi connectivity index (χ1) is 11.5. The molecule has 0 aromatic heterocycles. The monoisotopic (exact) mass is 342 g/mol. The summed E-state index contributed by atoms with van der Waals surface area (Å²) in [4.78, 5) is 26.3. The smallest absolute Gasteiger partial charge is 0.233 e. The summed E-state index contributed by atoms with van der Waals surface area (Å²) in [5, 5.41) is 3.40. The molecule has 3 rings (SSSR count). The number of nitrogens with zero attached hydrogens (tertiary/aromatic N) is 1. The zero-order valence-electron chi connectivity index (χ0n) is 13.5. The van der Waals surface area contributed by atoms with Crippen LogP contribution in [-0.2, 0) is 22.6 Å². The second-order valence-corrected chi connectivity index (χ2v) is 6.45. The van der Waals surface area contributed by atoms with E-state index in [1.807, 2.05) is 25.1 Å². The van der Waals surface area contributed by atoms with Gasteiger partial charge in [-0.2, -0.15) is 0 Å². The molecule has 0 spiro atoms. The molecule has 0 atom stereocenters. The summed E-state index contributed by atoms with van der Waals surface area (Å²) in [6.07, 6.45) is 0.685. The average Bonchev–Trinajstić information content (AvgIpc) is 2.57. The highest BCUT2D eigenvalue weighted by atomic mass is 35.5. The molecular weight excluding hydrogens is 324 g/mol. The van der Waals surface area contributed by atoms with Crippen LogP contribution in [0.15, 0.2) is 42.5 Å². The first-order valence-electron chi connectivity index (χ1n) is 7.93. The van der Waals surface area contributed by atoms with Gasteiger partial charge in [0.2, 0.25) is 11.8 Å². The summed E-state index contributed by atoms with van der Waals surface area (Å²) in [6.45, 7) is 3.09. The molecule has 1 aliphatic heterocycles. The molecule has 5 heteroatoms. The van der Waals surface area contributed by atoms with E-state index in [4.69, 9.17) is 11.6 Å². The van der Waals surface area contributed by atoms with Gasteiger partial charge in [-0.15, -0.1) is 0 Å². The summed E-state index contributed by atoms with van der Waals surface area (Å²) in [7, 11) is 0. The number of halogens is 1. The first kappa shape index (κ1) is 16.5. The van der Waals surface area contributed by atoms with Crippen LogP contribution in [0.1, 0.15) is 23.1 Å². The summed E-state index contributed by atoms with van der Waals surface area (Å²) in [5.74, 6) is -0.446. The van der Waals surface area contributed by atoms with Crippen molar-refractivity contribution in [2.75, 3.05) is 11.9 Å². The molecule has 2 amide bonds. The number of rotatable bonds is 3. The molecule has 0 saturated heterocycles. The summed E-state index contributed by atoms with van der Waals surface area (Å²) < 4.78 is 0. The third-order valence-electron chi connectivity index (χ3n) is 4.26. The molecular formula is C19H19ClN2O2. The minimum atomic E-state index is -0.302. The maximum absolute atomic E-state index is 12.4. The Balaban J connectivity index is 1.60. The van der Waals surface area contributed by atoms with E-state index in [-0.39, 0.29) is 18.2 Å². The Morgan fingerprint density at radius 3 is 2.67 bits per heavy atom. The Hall–Kier alpha value is -2.33. The van der Waals surface area contributed by atoms with Crippen molar-refractivity contribution in [1.29, 1.82) is 0 Å². The van der Waals surface area contributed by atoms with Crippen molar-refractivity contribution in [2.45, 2.75) is 26.3 Å². The predicted octanol–water partition coefficient (Wildman–Crippen LogP) is 3.56. The fourth-order valence-corrected chi connectivity index (χ4v) is 3.15. The van der Waals surface area contributed by atoms with Crippen LogP contribution < -0.4 is 5.32 Å². The van der Waals surface area contributed by atoms with Crippen LogP contribution in [0.5, 0.6) is 0 Å². The van der Waals surface area contributed by atoms with Crippen molar-refractivity contribution in [3.05, 3.63) is 64.2 Å². The highest BCUT2D eigenvalue weighted by molar-refractivity contribution is 6.30. The number of hydrogen-bond acceptors (Lipinski definition) is 2. The third kappa shape index (κ3) is 3.77. The Kier molecular flexibility index (Phi) is 4.86. The standard InChI is InChI=1S/C19H19ClN2O2/c1-13-10-16(20)6-7-17(13)21-18(23)11-19(24)22-9-8-14-4-2-3-5-15(14)12-22/h2-7,10H,8-9,11-12H2,1H3,(H,21,23). The van der Waals surface area contributed by atoms with Crippen LogP contribution in [0.3, 0.4) is 0 Å². The molecule has 0 unspecified atom stereocenters. The van der Waals surface area contributed by atoms with Crippen LogP contribution in [0.4, 0.5) is 5.69 Å². The van der Waals surface area contributed by atoms with Gasteiger partial charge in [0, 0.05) is 23.8 Å². The normalized spacial score (nSPS) is 13.3. The number of benzene rings is 2. The van der Waals surface area contributed by atoms with Gasteiger partial charge in [0.15, 0.2) is 0 Å². The zero-order chi connectivity index (χ0) is 17.1. The van der Waals surface area contributed by atoms with E-state index in [9.17, 15) is 9.59 Å². The van der Waals surface area contributed by atoms with E-state index in [2.05, 4.69) is 11.4 Å². The van der Waals surface area contributed by atoms with Crippen molar-refractivity contribution in [3.8, 4) is 0 Å².